The minimum atomic E-state index is -0.548. The fourth-order valence-electron chi connectivity index (χ4n) is 4.72. The molecular formula is C28H27NO4. The first kappa shape index (κ1) is 21.3. The molecule has 0 radical (unpaired) electrons. The van der Waals surface area contributed by atoms with Crippen LogP contribution < -0.4 is 5.43 Å². The Morgan fingerprint density at radius 1 is 1.00 bits per heavy atom. The third-order valence-corrected chi connectivity index (χ3v) is 6.40. The fourth-order valence-corrected chi connectivity index (χ4v) is 4.72. The smallest absolute Gasteiger partial charge is 0.291 e. The first-order chi connectivity index (χ1) is 15.6. The van der Waals surface area contributed by atoms with Gasteiger partial charge in [-0.2, -0.15) is 0 Å². The van der Waals surface area contributed by atoms with Crippen molar-refractivity contribution >= 4 is 16.9 Å². The second-order valence-electron chi connectivity index (χ2n) is 9.92. The summed E-state index contributed by atoms with van der Waals surface area (Å²) < 4.78 is 11.7. The van der Waals surface area contributed by atoms with Crippen LogP contribution in [0, 0.1) is 13.8 Å². The predicted molar refractivity (Wildman–Crippen MR) is 128 cm³/mol. The van der Waals surface area contributed by atoms with Crippen LogP contribution in [0.15, 0.2) is 68.4 Å². The molecule has 1 atom stereocenters. The molecule has 3 heterocycles. The van der Waals surface area contributed by atoms with Crippen LogP contribution in [0.3, 0.4) is 0 Å². The maximum atomic E-state index is 13.8. The first-order valence-electron chi connectivity index (χ1n) is 11.2. The zero-order valence-electron chi connectivity index (χ0n) is 19.6. The van der Waals surface area contributed by atoms with Gasteiger partial charge in [0.05, 0.1) is 29.8 Å². The van der Waals surface area contributed by atoms with E-state index < -0.39 is 6.04 Å². The number of hydrogen-bond acceptors (Lipinski definition) is 4. The minimum absolute atomic E-state index is 0.0000716. The maximum absolute atomic E-state index is 13.8. The largest absolute Gasteiger partial charge is 0.467 e. The van der Waals surface area contributed by atoms with Crippen molar-refractivity contribution in [2.75, 3.05) is 0 Å². The highest BCUT2D eigenvalue weighted by atomic mass is 16.4. The van der Waals surface area contributed by atoms with E-state index in [1.165, 1.54) is 5.56 Å². The average molecular weight is 442 g/mol. The molecule has 33 heavy (non-hydrogen) atoms. The molecule has 0 fully saturated rings. The van der Waals surface area contributed by atoms with E-state index in [1.54, 1.807) is 17.2 Å². The molecule has 0 N–H and O–H groups in total. The van der Waals surface area contributed by atoms with Crippen LogP contribution >= 0.6 is 0 Å². The van der Waals surface area contributed by atoms with Gasteiger partial charge in [0.1, 0.15) is 11.3 Å². The van der Waals surface area contributed by atoms with Gasteiger partial charge in [0.15, 0.2) is 5.43 Å². The Bertz CT molecular complexity index is 1420. The number of carbonyl (C=O) groups is 1. The molecular weight excluding hydrogens is 414 g/mol. The van der Waals surface area contributed by atoms with Gasteiger partial charge in [-0.05, 0) is 59.7 Å². The summed E-state index contributed by atoms with van der Waals surface area (Å²) in [7, 11) is 0. The monoisotopic (exact) mass is 441 g/mol. The first-order valence-corrected chi connectivity index (χ1v) is 11.2. The van der Waals surface area contributed by atoms with Gasteiger partial charge in [-0.3, -0.25) is 9.59 Å². The minimum Gasteiger partial charge on any atom is -0.467 e. The standard InChI is InChI=1S/C28H27NO4/c1-16-13-17(2)25-21(14-16)24(30)22-23(18-8-10-19(11-9-18)28(3,4)5)29(27(31)26(22)33-25)15-20-7-6-12-32-20/h6-14,23H,15H2,1-5H3. The summed E-state index contributed by atoms with van der Waals surface area (Å²) in [5.41, 5.74) is 4.59. The molecule has 4 aromatic rings. The quantitative estimate of drug-likeness (QED) is 0.388. The number of amides is 1. The van der Waals surface area contributed by atoms with Crippen molar-refractivity contribution in [2.24, 2.45) is 0 Å². The summed E-state index contributed by atoms with van der Waals surface area (Å²) in [6.45, 7) is 10.6. The second kappa shape index (κ2) is 7.48. The van der Waals surface area contributed by atoms with Gasteiger partial charge < -0.3 is 13.7 Å². The van der Waals surface area contributed by atoms with Crippen molar-refractivity contribution in [3.05, 3.63) is 104 Å². The summed E-state index contributed by atoms with van der Waals surface area (Å²) in [5, 5.41) is 0.509. The number of nitrogens with zero attached hydrogens (tertiary/aromatic N) is 1. The summed E-state index contributed by atoms with van der Waals surface area (Å²) >= 11 is 0. The van der Waals surface area contributed by atoms with E-state index in [0.717, 1.165) is 16.7 Å². The number of carbonyl (C=O) groups excluding carboxylic acids is 1. The molecule has 2 aromatic carbocycles. The molecule has 5 heteroatoms. The van der Waals surface area contributed by atoms with Crippen molar-refractivity contribution in [1.29, 1.82) is 0 Å². The van der Waals surface area contributed by atoms with Gasteiger partial charge in [-0.25, -0.2) is 0 Å². The molecule has 2 aromatic heterocycles. The van der Waals surface area contributed by atoms with Crippen molar-refractivity contribution in [2.45, 2.75) is 52.6 Å². The SMILES string of the molecule is Cc1cc(C)c2oc3c(c(=O)c2c1)C(c1ccc(C(C)(C)C)cc1)N(Cc1ccco1)C3=O. The number of aryl methyl sites for hydroxylation is 2. The van der Waals surface area contributed by atoms with Gasteiger partial charge in [-0.15, -0.1) is 0 Å². The summed E-state index contributed by atoms with van der Waals surface area (Å²) in [6, 6.07) is 15.0. The third-order valence-electron chi connectivity index (χ3n) is 6.40. The topological polar surface area (TPSA) is 63.7 Å². The van der Waals surface area contributed by atoms with Crippen molar-refractivity contribution < 1.29 is 13.6 Å². The normalized spacial score (nSPS) is 16.0. The highest BCUT2D eigenvalue weighted by molar-refractivity contribution is 5.99. The van der Waals surface area contributed by atoms with Crippen LogP contribution in [0.1, 0.15) is 70.9 Å². The van der Waals surface area contributed by atoms with Crippen molar-refractivity contribution in [1.82, 2.24) is 4.90 Å². The number of fused-ring (bicyclic) bond motifs is 2. The molecule has 0 saturated carbocycles. The molecule has 5 rings (SSSR count). The highest BCUT2D eigenvalue weighted by Crippen LogP contribution is 2.40. The Morgan fingerprint density at radius 3 is 2.36 bits per heavy atom. The molecule has 0 aliphatic carbocycles. The Hall–Kier alpha value is -3.60. The number of benzene rings is 2. The van der Waals surface area contributed by atoms with E-state index in [-0.39, 0.29) is 29.1 Å². The van der Waals surface area contributed by atoms with Gasteiger partial charge in [0.2, 0.25) is 5.76 Å². The van der Waals surface area contributed by atoms with E-state index in [1.807, 2.05) is 44.2 Å². The summed E-state index contributed by atoms with van der Waals surface area (Å²) in [6.07, 6.45) is 1.58. The van der Waals surface area contributed by atoms with Crippen molar-refractivity contribution in [3.8, 4) is 0 Å². The van der Waals surface area contributed by atoms with Crippen LogP contribution in [-0.2, 0) is 12.0 Å². The van der Waals surface area contributed by atoms with Crippen LogP contribution in [-0.4, -0.2) is 10.8 Å². The summed E-state index contributed by atoms with van der Waals surface area (Å²) in [5.74, 6) is 0.470. The predicted octanol–water partition coefficient (Wildman–Crippen LogP) is 6.05. The molecule has 1 aliphatic rings. The lowest BCUT2D eigenvalue weighted by Crippen LogP contribution is -2.29. The molecule has 168 valence electrons. The lowest BCUT2D eigenvalue weighted by molar-refractivity contribution is 0.0701. The molecule has 0 saturated heterocycles. The summed E-state index contributed by atoms with van der Waals surface area (Å²) in [4.78, 5) is 29.0. The third kappa shape index (κ3) is 3.48. The zero-order chi connectivity index (χ0) is 23.5. The van der Waals surface area contributed by atoms with E-state index in [0.29, 0.717) is 22.3 Å². The molecule has 5 nitrogen and oxygen atoms in total. The van der Waals surface area contributed by atoms with E-state index in [4.69, 9.17) is 8.83 Å². The zero-order valence-corrected chi connectivity index (χ0v) is 19.6. The van der Waals surface area contributed by atoms with Crippen LogP contribution in [0.4, 0.5) is 0 Å². The molecule has 0 bridgehead atoms. The number of furan rings is 1. The van der Waals surface area contributed by atoms with Gasteiger partial charge >= 0.3 is 0 Å². The molecule has 1 unspecified atom stereocenters. The Kier molecular flexibility index (Phi) is 4.82. The van der Waals surface area contributed by atoms with Crippen LogP contribution in [0.25, 0.3) is 11.0 Å². The van der Waals surface area contributed by atoms with Crippen molar-refractivity contribution in [3.63, 3.8) is 0 Å². The fraction of sp³-hybridized carbons (Fsp3) is 0.286. The second-order valence-corrected chi connectivity index (χ2v) is 9.92. The van der Waals surface area contributed by atoms with Gasteiger partial charge in [0.25, 0.3) is 5.91 Å². The van der Waals surface area contributed by atoms with E-state index in [9.17, 15) is 9.59 Å². The molecule has 1 amide bonds. The Morgan fingerprint density at radius 2 is 1.73 bits per heavy atom. The lowest BCUT2D eigenvalue weighted by atomic mass is 9.86. The van der Waals surface area contributed by atoms with Crippen LogP contribution in [0.2, 0.25) is 0 Å². The molecule has 1 aliphatic heterocycles. The Labute approximate surface area is 192 Å². The molecule has 0 spiro atoms. The number of rotatable bonds is 3. The Balaban J connectivity index is 1.73. The average Bonchev–Trinajstić information content (AvgIpc) is 3.36. The lowest BCUT2D eigenvalue weighted by Gasteiger charge is -2.25. The number of hydrogen-bond donors (Lipinski definition) is 0. The van der Waals surface area contributed by atoms with Gasteiger partial charge in [-0.1, -0.05) is 51.1 Å². The van der Waals surface area contributed by atoms with Crippen LogP contribution in [0.5, 0.6) is 0 Å². The van der Waals surface area contributed by atoms with E-state index >= 15 is 0 Å². The maximum Gasteiger partial charge on any atom is 0.291 e. The van der Waals surface area contributed by atoms with Gasteiger partial charge in [0, 0.05) is 0 Å². The highest BCUT2D eigenvalue weighted by Gasteiger charge is 2.43. The van der Waals surface area contributed by atoms with E-state index in [2.05, 4.69) is 32.9 Å².